The third-order valence-electron chi connectivity index (χ3n) is 3.30. The minimum Gasteiger partial charge on any atom is -0.354 e. The molecule has 0 unspecified atom stereocenters. The van der Waals surface area contributed by atoms with Gasteiger partial charge in [0.05, 0.1) is 21.3 Å². The lowest BCUT2D eigenvalue weighted by Gasteiger charge is -2.06. The Morgan fingerprint density at radius 3 is 2.78 bits per heavy atom. The fourth-order valence-electron chi connectivity index (χ4n) is 2.09. The zero-order valence-corrected chi connectivity index (χ0v) is 13.6. The zero-order chi connectivity index (χ0) is 17.0. The first kappa shape index (κ1) is 16.9. The molecular formula is C13H17ClN6O3. The summed E-state index contributed by atoms with van der Waals surface area (Å²) in [5.74, 6) is -0.255. The normalized spacial score (nSPS) is 10.7. The smallest absolute Gasteiger partial charge is 0.307 e. The summed E-state index contributed by atoms with van der Waals surface area (Å²) < 4.78 is 3.04. The van der Waals surface area contributed by atoms with Crippen LogP contribution in [0.1, 0.15) is 17.8 Å². The number of rotatable bonds is 7. The highest BCUT2D eigenvalue weighted by molar-refractivity contribution is 6.31. The number of hydrogen-bond donors (Lipinski definition) is 1. The van der Waals surface area contributed by atoms with Crippen molar-refractivity contribution in [3.63, 3.8) is 0 Å². The van der Waals surface area contributed by atoms with Crippen LogP contribution in [0, 0.1) is 24.0 Å². The van der Waals surface area contributed by atoms with Crippen LogP contribution >= 0.6 is 11.6 Å². The summed E-state index contributed by atoms with van der Waals surface area (Å²) in [6.45, 7) is 4.80. The Balaban J connectivity index is 1.74. The van der Waals surface area contributed by atoms with E-state index in [1.807, 2.05) is 13.8 Å². The van der Waals surface area contributed by atoms with Gasteiger partial charge in [0.25, 0.3) is 0 Å². The van der Waals surface area contributed by atoms with Crippen molar-refractivity contribution in [1.82, 2.24) is 24.9 Å². The van der Waals surface area contributed by atoms with Crippen LogP contribution < -0.4 is 5.32 Å². The first-order valence-corrected chi connectivity index (χ1v) is 7.39. The van der Waals surface area contributed by atoms with E-state index in [0.717, 1.165) is 17.6 Å². The molecule has 9 nitrogen and oxygen atoms in total. The predicted molar refractivity (Wildman–Crippen MR) is 83.2 cm³/mol. The number of nitrogens with zero attached hydrogens (tertiary/aromatic N) is 5. The van der Waals surface area contributed by atoms with Crippen molar-refractivity contribution >= 4 is 23.2 Å². The van der Waals surface area contributed by atoms with Gasteiger partial charge in [-0.05, 0) is 20.3 Å². The highest BCUT2D eigenvalue weighted by Crippen LogP contribution is 2.18. The van der Waals surface area contributed by atoms with Gasteiger partial charge in [0.1, 0.15) is 18.9 Å². The maximum absolute atomic E-state index is 11.7. The van der Waals surface area contributed by atoms with Crippen LogP contribution in [-0.2, 0) is 17.9 Å². The zero-order valence-electron chi connectivity index (χ0n) is 12.8. The Hall–Kier alpha value is -2.42. The van der Waals surface area contributed by atoms with Gasteiger partial charge in [-0.25, -0.2) is 0 Å². The van der Waals surface area contributed by atoms with E-state index < -0.39 is 4.92 Å². The van der Waals surface area contributed by atoms with Crippen LogP contribution in [0.15, 0.2) is 12.4 Å². The van der Waals surface area contributed by atoms with E-state index in [0.29, 0.717) is 24.5 Å². The lowest BCUT2D eigenvalue weighted by atomic mass is 10.3. The molecule has 0 aliphatic rings. The van der Waals surface area contributed by atoms with Crippen molar-refractivity contribution in [3.05, 3.63) is 38.9 Å². The minimum atomic E-state index is -0.555. The maximum atomic E-state index is 11.7. The van der Waals surface area contributed by atoms with Crippen molar-refractivity contribution in [2.24, 2.45) is 0 Å². The van der Waals surface area contributed by atoms with Gasteiger partial charge < -0.3 is 5.32 Å². The van der Waals surface area contributed by atoms with Gasteiger partial charge in [-0.3, -0.25) is 24.3 Å². The summed E-state index contributed by atoms with van der Waals surface area (Å²) in [4.78, 5) is 21.7. The summed E-state index contributed by atoms with van der Waals surface area (Å²) in [6, 6.07) is 0. The molecule has 0 radical (unpaired) electrons. The molecule has 0 aromatic carbocycles. The number of nitro groups is 1. The van der Waals surface area contributed by atoms with Gasteiger partial charge in [0, 0.05) is 13.1 Å². The summed E-state index contributed by atoms with van der Waals surface area (Å²) in [5.41, 5.74) is 1.55. The second kappa shape index (κ2) is 7.23. The van der Waals surface area contributed by atoms with E-state index in [-0.39, 0.29) is 18.1 Å². The van der Waals surface area contributed by atoms with E-state index in [1.54, 1.807) is 4.68 Å². The molecule has 124 valence electrons. The molecule has 0 bridgehead atoms. The second-order valence-electron chi connectivity index (χ2n) is 5.06. The number of carbonyl (C=O) groups is 1. The molecule has 2 aromatic heterocycles. The monoisotopic (exact) mass is 340 g/mol. The predicted octanol–water partition coefficient (Wildman–Crippen LogP) is 1.46. The van der Waals surface area contributed by atoms with Crippen molar-refractivity contribution < 1.29 is 9.72 Å². The van der Waals surface area contributed by atoms with Crippen LogP contribution in [0.4, 0.5) is 5.69 Å². The van der Waals surface area contributed by atoms with E-state index in [9.17, 15) is 14.9 Å². The van der Waals surface area contributed by atoms with Gasteiger partial charge in [-0.15, -0.1) is 0 Å². The number of hydrogen-bond acceptors (Lipinski definition) is 5. The van der Waals surface area contributed by atoms with Crippen molar-refractivity contribution in [3.8, 4) is 0 Å². The molecule has 0 spiro atoms. The standard InChI is InChI=1S/C13H17ClN6O3/c1-9-13(14)10(2)19(17-9)5-3-4-15-12(21)8-18-7-11(6-16-18)20(22)23/h6-7H,3-5,8H2,1-2H3,(H,15,21). The van der Waals surface area contributed by atoms with Gasteiger partial charge in [-0.2, -0.15) is 10.2 Å². The number of carbonyl (C=O) groups excluding carboxylic acids is 1. The summed E-state index contributed by atoms with van der Waals surface area (Å²) in [5, 5.41) is 22.0. The Bertz CT molecular complexity index is 723. The van der Waals surface area contributed by atoms with E-state index in [4.69, 9.17) is 11.6 Å². The van der Waals surface area contributed by atoms with Gasteiger partial charge in [-0.1, -0.05) is 11.6 Å². The molecule has 0 fully saturated rings. The highest BCUT2D eigenvalue weighted by Gasteiger charge is 2.11. The molecule has 1 amide bonds. The first-order valence-electron chi connectivity index (χ1n) is 7.01. The van der Waals surface area contributed by atoms with Crippen LogP contribution in [0.5, 0.6) is 0 Å². The Morgan fingerprint density at radius 2 is 2.22 bits per heavy atom. The molecule has 10 heteroatoms. The molecule has 2 rings (SSSR count). The van der Waals surface area contributed by atoms with Crippen LogP contribution in [-0.4, -0.2) is 36.9 Å². The molecule has 2 aromatic rings. The topological polar surface area (TPSA) is 108 Å². The number of nitrogens with one attached hydrogen (secondary N) is 1. The molecule has 0 aliphatic heterocycles. The molecule has 23 heavy (non-hydrogen) atoms. The Kier molecular flexibility index (Phi) is 5.32. The van der Waals surface area contributed by atoms with Crippen LogP contribution in [0.3, 0.4) is 0 Å². The van der Waals surface area contributed by atoms with Gasteiger partial charge in [0.15, 0.2) is 0 Å². The molecule has 2 heterocycles. The third-order valence-corrected chi connectivity index (χ3v) is 3.85. The largest absolute Gasteiger partial charge is 0.354 e. The lowest BCUT2D eigenvalue weighted by Crippen LogP contribution is -2.29. The SMILES string of the molecule is Cc1nn(CCCNC(=O)Cn2cc([N+](=O)[O-])cn2)c(C)c1Cl. The molecule has 0 atom stereocenters. The molecule has 0 aliphatic carbocycles. The number of aromatic nitrogens is 4. The van der Waals surface area contributed by atoms with Gasteiger partial charge >= 0.3 is 5.69 Å². The van der Waals surface area contributed by atoms with E-state index in [2.05, 4.69) is 15.5 Å². The summed E-state index contributed by atoms with van der Waals surface area (Å²) in [7, 11) is 0. The maximum Gasteiger partial charge on any atom is 0.307 e. The fraction of sp³-hybridized carbons (Fsp3) is 0.462. The highest BCUT2D eigenvalue weighted by atomic mass is 35.5. The lowest BCUT2D eigenvalue weighted by molar-refractivity contribution is -0.385. The van der Waals surface area contributed by atoms with Crippen molar-refractivity contribution in [2.75, 3.05) is 6.54 Å². The second-order valence-corrected chi connectivity index (χ2v) is 5.44. The number of amides is 1. The van der Waals surface area contributed by atoms with Crippen LogP contribution in [0.2, 0.25) is 5.02 Å². The van der Waals surface area contributed by atoms with Crippen molar-refractivity contribution in [1.29, 1.82) is 0 Å². The quantitative estimate of drug-likeness (QED) is 0.466. The van der Waals surface area contributed by atoms with Crippen LogP contribution in [0.25, 0.3) is 0 Å². The third kappa shape index (κ3) is 4.28. The fourth-order valence-corrected chi connectivity index (χ4v) is 2.22. The average molecular weight is 341 g/mol. The molecule has 1 N–H and O–H groups in total. The summed E-state index contributed by atoms with van der Waals surface area (Å²) >= 11 is 6.07. The Morgan fingerprint density at radius 1 is 1.48 bits per heavy atom. The minimum absolute atomic E-state index is 0.0560. The Labute approximate surface area is 137 Å². The molecular weight excluding hydrogens is 324 g/mol. The average Bonchev–Trinajstić information content (AvgIpc) is 3.05. The first-order chi connectivity index (χ1) is 10.9. The summed E-state index contributed by atoms with van der Waals surface area (Å²) in [6.07, 6.45) is 3.03. The van der Waals surface area contributed by atoms with E-state index in [1.165, 1.54) is 10.9 Å². The number of aryl methyl sites for hydroxylation is 2. The van der Waals surface area contributed by atoms with E-state index >= 15 is 0 Å². The van der Waals surface area contributed by atoms with Crippen molar-refractivity contribution in [2.45, 2.75) is 33.4 Å². The van der Waals surface area contributed by atoms with Gasteiger partial charge in [0.2, 0.25) is 5.91 Å². The number of halogens is 1. The molecule has 0 saturated heterocycles. The molecule has 0 saturated carbocycles.